The first-order valence-electron chi connectivity index (χ1n) is 17.4. The Morgan fingerprint density at radius 1 is 0.750 bits per heavy atom. The van der Waals surface area contributed by atoms with Crippen LogP contribution in [-0.4, -0.2) is 42.1 Å². The molecule has 0 aliphatic carbocycles. The molecule has 6 heteroatoms. The van der Waals surface area contributed by atoms with Crippen LogP contribution in [0.3, 0.4) is 0 Å². The summed E-state index contributed by atoms with van der Waals surface area (Å²) in [5, 5.41) is 5.04. The summed E-state index contributed by atoms with van der Waals surface area (Å²) >= 11 is 0. The van der Waals surface area contributed by atoms with Crippen LogP contribution in [0.4, 0.5) is 11.4 Å². The third-order valence-corrected chi connectivity index (χ3v) is 11.0. The van der Waals surface area contributed by atoms with E-state index in [9.17, 15) is 13.0 Å². The predicted octanol–water partition coefficient (Wildman–Crippen LogP) is 9.68. The minimum absolute atomic E-state index is 0.143. The van der Waals surface area contributed by atoms with Crippen molar-refractivity contribution in [3.63, 3.8) is 0 Å². The molecule has 4 aromatic rings. The molecule has 48 heavy (non-hydrogen) atoms. The molecular formula is C42H48N2O3S. The van der Waals surface area contributed by atoms with Crippen LogP contribution in [0, 0.1) is 0 Å². The maximum atomic E-state index is 11.3. The Labute approximate surface area is 286 Å². The second-order valence-electron chi connectivity index (χ2n) is 14.3. The molecule has 5 nitrogen and oxygen atoms in total. The van der Waals surface area contributed by atoms with Crippen molar-refractivity contribution < 1.29 is 17.5 Å². The Kier molecular flexibility index (Phi) is 9.52. The molecule has 0 N–H and O–H groups in total. The highest BCUT2D eigenvalue weighted by atomic mass is 32.2. The summed E-state index contributed by atoms with van der Waals surface area (Å²) < 4.78 is 36.2. The number of rotatable bonds is 12. The van der Waals surface area contributed by atoms with Crippen LogP contribution in [0.2, 0.25) is 0 Å². The SMILES string of the molecule is CCCCCN1/C(=C/C=C/C=C/C2=[N+](CCCCS(=O)(=O)[O-])c3ccc4ccccc4c3C2(C)C)C(C)(C)c2c1ccc1ccccc21. The molecule has 0 atom stereocenters. The molecule has 0 spiro atoms. The summed E-state index contributed by atoms with van der Waals surface area (Å²) in [7, 11) is -4.23. The van der Waals surface area contributed by atoms with E-state index < -0.39 is 10.1 Å². The Morgan fingerprint density at radius 3 is 2.10 bits per heavy atom. The zero-order valence-electron chi connectivity index (χ0n) is 29.0. The molecule has 0 bridgehead atoms. The Morgan fingerprint density at radius 2 is 1.42 bits per heavy atom. The van der Waals surface area contributed by atoms with Crippen molar-refractivity contribution in [1.29, 1.82) is 0 Å². The summed E-state index contributed by atoms with van der Waals surface area (Å²) in [6.45, 7) is 13.1. The van der Waals surface area contributed by atoms with Gasteiger partial charge in [0.05, 0.1) is 15.5 Å². The highest BCUT2D eigenvalue weighted by molar-refractivity contribution is 7.85. The van der Waals surface area contributed by atoms with Gasteiger partial charge in [-0.25, -0.2) is 8.42 Å². The summed E-state index contributed by atoms with van der Waals surface area (Å²) in [5.41, 5.74) is 7.22. The molecule has 2 heterocycles. The maximum absolute atomic E-state index is 11.3. The zero-order valence-corrected chi connectivity index (χ0v) is 29.8. The monoisotopic (exact) mass is 660 g/mol. The first kappa shape index (κ1) is 33.9. The topological polar surface area (TPSA) is 63.5 Å². The molecule has 2 aliphatic heterocycles. The van der Waals surface area contributed by atoms with Crippen LogP contribution in [0.1, 0.15) is 77.8 Å². The lowest BCUT2D eigenvalue weighted by Crippen LogP contribution is -2.28. The van der Waals surface area contributed by atoms with Crippen molar-refractivity contribution in [3.8, 4) is 0 Å². The van der Waals surface area contributed by atoms with Crippen LogP contribution in [-0.2, 0) is 20.9 Å². The highest BCUT2D eigenvalue weighted by Crippen LogP contribution is 2.51. The minimum atomic E-state index is -4.23. The van der Waals surface area contributed by atoms with Crippen LogP contribution >= 0.6 is 0 Å². The second-order valence-corrected chi connectivity index (χ2v) is 15.8. The lowest BCUT2D eigenvalue weighted by atomic mass is 9.79. The molecule has 250 valence electrons. The van der Waals surface area contributed by atoms with E-state index in [0.29, 0.717) is 19.4 Å². The number of unbranched alkanes of at least 4 members (excludes halogenated alkanes) is 3. The molecule has 0 amide bonds. The summed E-state index contributed by atoms with van der Waals surface area (Å²) in [4.78, 5) is 2.53. The molecular weight excluding hydrogens is 613 g/mol. The largest absolute Gasteiger partial charge is 0.748 e. The summed E-state index contributed by atoms with van der Waals surface area (Å²) in [6.07, 6.45) is 15.4. The van der Waals surface area contributed by atoms with Crippen LogP contribution in [0.15, 0.2) is 109 Å². The number of benzene rings is 4. The fourth-order valence-corrected chi connectivity index (χ4v) is 8.54. The van der Waals surface area contributed by atoms with Crippen LogP contribution in [0.25, 0.3) is 21.5 Å². The van der Waals surface area contributed by atoms with E-state index >= 15 is 0 Å². The van der Waals surface area contributed by atoms with Gasteiger partial charge in [0, 0.05) is 53.2 Å². The smallest absolute Gasteiger partial charge is 0.210 e. The van der Waals surface area contributed by atoms with Gasteiger partial charge in [-0.1, -0.05) is 106 Å². The Hall–Kier alpha value is -4.00. The predicted molar refractivity (Wildman–Crippen MR) is 201 cm³/mol. The summed E-state index contributed by atoms with van der Waals surface area (Å²) in [6, 6.07) is 26.1. The van der Waals surface area contributed by atoms with E-state index in [-0.39, 0.29) is 16.6 Å². The quantitative estimate of drug-likeness (QED) is 0.0657. The first-order valence-corrected chi connectivity index (χ1v) is 19.0. The number of allylic oxidation sites excluding steroid dienone is 6. The van der Waals surface area contributed by atoms with Gasteiger partial charge in [0.2, 0.25) is 5.69 Å². The lowest BCUT2D eigenvalue weighted by molar-refractivity contribution is -0.438. The van der Waals surface area contributed by atoms with Gasteiger partial charge in [-0.2, -0.15) is 4.58 Å². The molecule has 2 aliphatic rings. The number of nitrogens with zero attached hydrogens (tertiary/aromatic N) is 2. The average Bonchev–Trinajstić information content (AvgIpc) is 3.41. The van der Waals surface area contributed by atoms with Gasteiger partial charge in [-0.15, -0.1) is 0 Å². The van der Waals surface area contributed by atoms with E-state index in [1.165, 1.54) is 56.9 Å². The fourth-order valence-electron chi connectivity index (χ4n) is 7.98. The molecule has 4 aromatic carbocycles. The van der Waals surface area contributed by atoms with E-state index in [4.69, 9.17) is 0 Å². The van der Waals surface area contributed by atoms with Gasteiger partial charge in [-0.05, 0) is 72.0 Å². The van der Waals surface area contributed by atoms with Gasteiger partial charge < -0.3 is 9.45 Å². The van der Waals surface area contributed by atoms with Crippen molar-refractivity contribution in [1.82, 2.24) is 0 Å². The molecule has 0 radical (unpaired) electrons. The van der Waals surface area contributed by atoms with Crippen molar-refractivity contribution in [2.75, 3.05) is 23.7 Å². The lowest BCUT2D eigenvalue weighted by Gasteiger charge is -2.27. The van der Waals surface area contributed by atoms with E-state index in [2.05, 4.69) is 147 Å². The maximum Gasteiger partial charge on any atom is 0.210 e. The third-order valence-electron chi connectivity index (χ3n) is 10.2. The van der Waals surface area contributed by atoms with Gasteiger partial charge in [0.25, 0.3) is 0 Å². The average molecular weight is 661 g/mol. The molecule has 0 saturated carbocycles. The van der Waals surface area contributed by atoms with Gasteiger partial charge in [0.15, 0.2) is 5.71 Å². The normalized spacial score (nSPS) is 17.9. The van der Waals surface area contributed by atoms with E-state index in [0.717, 1.165) is 24.4 Å². The molecule has 0 saturated heterocycles. The second kappa shape index (κ2) is 13.5. The number of fused-ring (bicyclic) bond motifs is 6. The fraction of sp³-hybridized carbons (Fsp3) is 0.357. The molecule has 0 unspecified atom stereocenters. The van der Waals surface area contributed by atoms with Crippen molar-refractivity contribution in [2.45, 2.75) is 77.6 Å². The molecule has 6 rings (SSSR count). The standard InChI is InChI=1S/C42H48N2O3S/c1-6-7-15-28-43-35-26-24-31-18-11-13-20-33(31)39(35)41(2,3)37(43)22-9-8-10-23-38-42(4,5)40-34-21-14-12-19-32(34)25-27-36(40)44(38)29-16-17-30-48(45,46)47/h8-14,18-27H,6-7,15-17,28-30H2,1-5H3. The Bertz CT molecular complexity index is 2080. The van der Waals surface area contributed by atoms with Gasteiger partial charge in [0.1, 0.15) is 6.54 Å². The minimum Gasteiger partial charge on any atom is -0.748 e. The highest BCUT2D eigenvalue weighted by Gasteiger charge is 2.45. The first-order chi connectivity index (χ1) is 22.9. The van der Waals surface area contributed by atoms with Crippen molar-refractivity contribution in [3.05, 3.63) is 120 Å². The molecule has 0 fully saturated rings. The van der Waals surface area contributed by atoms with Crippen molar-refractivity contribution in [2.24, 2.45) is 0 Å². The molecule has 0 aromatic heterocycles. The van der Waals surface area contributed by atoms with Crippen LogP contribution < -0.4 is 4.90 Å². The van der Waals surface area contributed by atoms with E-state index in [1.54, 1.807) is 0 Å². The summed E-state index contributed by atoms with van der Waals surface area (Å²) in [5.74, 6) is -0.330. The third kappa shape index (κ3) is 6.40. The van der Waals surface area contributed by atoms with E-state index in [1.807, 2.05) is 0 Å². The Balaban J connectivity index is 1.33. The van der Waals surface area contributed by atoms with Gasteiger partial charge in [-0.3, -0.25) is 0 Å². The zero-order chi connectivity index (χ0) is 34.1. The van der Waals surface area contributed by atoms with Crippen LogP contribution in [0.5, 0.6) is 0 Å². The number of hydrogen-bond acceptors (Lipinski definition) is 4. The number of hydrogen-bond donors (Lipinski definition) is 0. The number of anilines is 1. The van der Waals surface area contributed by atoms with Gasteiger partial charge >= 0.3 is 0 Å². The van der Waals surface area contributed by atoms with Crippen molar-refractivity contribution >= 4 is 48.7 Å².